The van der Waals surface area contributed by atoms with Gasteiger partial charge in [-0.1, -0.05) is 24.8 Å². The average molecular weight is 263 g/mol. The van der Waals surface area contributed by atoms with Crippen LogP contribution in [0.3, 0.4) is 0 Å². The first-order valence-electron chi connectivity index (χ1n) is 5.79. The van der Waals surface area contributed by atoms with Crippen LogP contribution in [0.4, 0.5) is 5.69 Å². The number of hydrogen-bond acceptors (Lipinski definition) is 4. The first-order chi connectivity index (χ1) is 8.65. The lowest BCUT2D eigenvalue weighted by molar-refractivity contribution is 0.413. The Morgan fingerprint density at radius 1 is 1.44 bits per heavy atom. The SMILES string of the molecule is CCc1nn(C)c(Sc2cccc(OC)c2)c1N. The second kappa shape index (κ2) is 5.35. The van der Waals surface area contributed by atoms with Gasteiger partial charge in [-0.2, -0.15) is 5.10 Å². The largest absolute Gasteiger partial charge is 0.497 e. The number of hydrogen-bond donors (Lipinski definition) is 1. The molecule has 18 heavy (non-hydrogen) atoms. The highest BCUT2D eigenvalue weighted by atomic mass is 32.2. The minimum Gasteiger partial charge on any atom is -0.497 e. The Kier molecular flexibility index (Phi) is 3.81. The summed E-state index contributed by atoms with van der Waals surface area (Å²) in [6.07, 6.45) is 0.846. The van der Waals surface area contributed by atoms with Crippen molar-refractivity contribution < 1.29 is 4.74 Å². The summed E-state index contributed by atoms with van der Waals surface area (Å²) in [7, 11) is 3.58. The molecule has 2 rings (SSSR count). The van der Waals surface area contributed by atoms with Gasteiger partial charge < -0.3 is 10.5 Å². The second-order valence-electron chi connectivity index (χ2n) is 3.92. The number of aromatic nitrogens is 2. The monoisotopic (exact) mass is 263 g/mol. The van der Waals surface area contributed by atoms with Crippen molar-refractivity contribution in [2.45, 2.75) is 23.3 Å². The van der Waals surface area contributed by atoms with Crippen molar-refractivity contribution in [2.75, 3.05) is 12.8 Å². The van der Waals surface area contributed by atoms with Gasteiger partial charge in [0.1, 0.15) is 10.8 Å². The van der Waals surface area contributed by atoms with Crippen molar-refractivity contribution in [1.29, 1.82) is 0 Å². The van der Waals surface area contributed by atoms with E-state index in [-0.39, 0.29) is 0 Å². The van der Waals surface area contributed by atoms with E-state index >= 15 is 0 Å². The molecular formula is C13H17N3OS. The van der Waals surface area contributed by atoms with E-state index in [4.69, 9.17) is 10.5 Å². The van der Waals surface area contributed by atoms with Crippen molar-refractivity contribution in [3.63, 3.8) is 0 Å². The van der Waals surface area contributed by atoms with Crippen molar-refractivity contribution in [1.82, 2.24) is 9.78 Å². The third-order valence-corrected chi connectivity index (χ3v) is 3.86. The molecule has 2 N–H and O–H groups in total. The van der Waals surface area contributed by atoms with E-state index in [1.807, 2.05) is 36.0 Å². The molecule has 0 unspecified atom stereocenters. The molecule has 0 aliphatic heterocycles. The molecule has 96 valence electrons. The average Bonchev–Trinajstić information content (AvgIpc) is 2.66. The number of nitrogen functional groups attached to an aromatic ring is 1. The van der Waals surface area contributed by atoms with Crippen molar-refractivity contribution in [3.05, 3.63) is 30.0 Å². The Balaban J connectivity index is 2.30. The Morgan fingerprint density at radius 2 is 2.22 bits per heavy atom. The molecule has 0 aliphatic carbocycles. The van der Waals surface area contributed by atoms with Gasteiger partial charge in [-0.15, -0.1) is 0 Å². The lowest BCUT2D eigenvalue weighted by Gasteiger charge is -2.05. The van der Waals surface area contributed by atoms with Crippen LogP contribution in [0.2, 0.25) is 0 Å². The van der Waals surface area contributed by atoms with Gasteiger partial charge >= 0.3 is 0 Å². The fourth-order valence-electron chi connectivity index (χ4n) is 1.74. The predicted molar refractivity (Wildman–Crippen MR) is 74.1 cm³/mol. The fraction of sp³-hybridized carbons (Fsp3) is 0.308. The Bertz CT molecular complexity index is 551. The van der Waals surface area contributed by atoms with E-state index in [2.05, 4.69) is 12.0 Å². The first-order valence-corrected chi connectivity index (χ1v) is 6.60. The van der Waals surface area contributed by atoms with Crippen LogP contribution in [0.5, 0.6) is 5.75 Å². The summed E-state index contributed by atoms with van der Waals surface area (Å²) in [4.78, 5) is 1.09. The molecule has 0 amide bonds. The van der Waals surface area contributed by atoms with Gasteiger partial charge in [0, 0.05) is 11.9 Å². The number of nitrogens with zero attached hydrogens (tertiary/aromatic N) is 2. The van der Waals surface area contributed by atoms with Crippen LogP contribution in [0.25, 0.3) is 0 Å². The summed E-state index contributed by atoms with van der Waals surface area (Å²) in [5.74, 6) is 0.844. The smallest absolute Gasteiger partial charge is 0.122 e. The van der Waals surface area contributed by atoms with Gasteiger partial charge in [0.2, 0.25) is 0 Å². The molecule has 0 spiro atoms. The summed E-state index contributed by atoms with van der Waals surface area (Å²) < 4.78 is 7.04. The number of ether oxygens (including phenoxy) is 1. The molecule has 1 aromatic heterocycles. The zero-order chi connectivity index (χ0) is 13.1. The highest BCUT2D eigenvalue weighted by molar-refractivity contribution is 7.99. The second-order valence-corrected chi connectivity index (χ2v) is 4.99. The van der Waals surface area contributed by atoms with E-state index in [1.165, 1.54) is 0 Å². The van der Waals surface area contributed by atoms with Crippen LogP contribution in [-0.4, -0.2) is 16.9 Å². The lowest BCUT2D eigenvalue weighted by atomic mass is 10.3. The third-order valence-electron chi connectivity index (χ3n) is 2.70. The van der Waals surface area contributed by atoms with Crippen molar-refractivity contribution in [2.24, 2.45) is 7.05 Å². The highest BCUT2D eigenvalue weighted by Gasteiger charge is 2.13. The molecule has 1 aromatic carbocycles. The molecule has 0 saturated carbocycles. The number of anilines is 1. The third kappa shape index (κ3) is 2.46. The van der Waals surface area contributed by atoms with E-state index in [1.54, 1.807) is 18.9 Å². The highest BCUT2D eigenvalue weighted by Crippen LogP contribution is 2.34. The Hall–Kier alpha value is -1.62. The van der Waals surface area contributed by atoms with Gasteiger partial charge in [0.15, 0.2) is 0 Å². The molecule has 0 fully saturated rings. The van der Waals surface area contributed by atoms with Gasteiger partial charge in [0.25, 0.3) is 0 Å². The van der Waals surface area contributed by atoms with Crippen LogP contribution >= 0.6 is 11.8 Å². The number of benzene rings is 1. The zero-order valence-electron chi connectivity index (χ0n) is 10.8. The van der Waals surface area contributed by atoms with Crippen LogP contribution < -0.4 is 10.5 Å². The maximum Gasteiger partial charge on any atom is 0.122 e. The zero-order valence-corrected chi connectivity index (χ0v) is 11.6. The van der Waals surface area contributed by atoms with Crippen molar-refractivity contribution >= 4 is 17.4 Å². The molecule has 5 heteroatoms. The number of nitrogens with two attached hydrogens (primary N) is 1. The van der Waals surface area contributed by atoms with Crippen LogP contribution in [0.15, 0.2) is 34.2 Å². The van der Waals surface area contributed by atoms with Crippen molar-refractivity contribution in [3.8, 4) is 5.75 Å². The molecule has 0 radical (unpaired) electrons. The number of aryl methyl sites for hydroxylation is 2. The van der Waals surface area contributed by atoms with Gasteiger partial charge in [-0.3, -0.25) is 4.68 Å². The van der Waals surface area contributed by atoms with E-state index in [0.29, 0.717) is 0 Å². The van der Waals surface area contributed by atoms with Crippen LogP contribution in [0.1, 0.15) is 12.6 Å². The van der Waals surface area contributed by atoms with Gasteiger partial charge in [0.05, 0.1) is 18.5 Å². The predicted octanol–water partition coefficient (Wildman–Crippen LogP) is 2.72. The Morgan fingerprint density at radius 3 is 2.83 bits per heavy atom. The quantitative estimate of drug-likeness (QED) is 0.921. The normalized spacial score (nSPS) is 10.6. The molecular weight excluding hydrogens is 246 g/mol. The molecule has 1 heterocycles. The molecule has 0 atom stereocenters. The summed E-state index contributed by atoms with van der Waals surface area (Å²) >= 11 is 1.60. The molecule has 0 saturated heterocycles. The maximum atomic E-state index is 6.10. The van der Waals surface area contributed by atoms with E-state index < -0.39 is 0 Å². The summed E-state index contributed by atoms with van der Waals surface area (Å²) in [6, 6.07) is 7.91. The number of methoxy groups -OCH3 is 1. The van der Waals surface area contributed by atoms with Gasteiger partial charge in [-0.25, -0.2) is 0 Å². The van der Waals surface area contributed by atoms with Gasteiger partial charge in [-0.05, 0) is 24.6 Å². The summed E-state index contributed by atoms with van der Waals surface area (Å²) in [5.41, 5.74) is 7.82. The number of rotatable bonds is 4. The first kappa shape index (κ1) is 12.8. The molecule has 2 aromatic rings. The topological polar surface area (TPSA) is 53.1 Å². The van der Waals surface area contributed by atoms with Crippen LogP contribution in [-0.2, 0) is 13.5 Å². The summed E-state index contributed by atoms with van der Waals surface area (Å²) in [5, 5.41) is 5.38. The molecule has 4 nitrogen and oxygen atoms in total. The Labute approximate surface area is 111 Å². The van der Waals surface area contributed by atoms with E-state index in [9.17, 15) is 0 Å². The minimum absolute atomic E-state index is 0.771. The molecule has 0 aliphatic rings. The summed E-state index contributed by atoms with van der Waals surface area (Å²) in [6.45, 7) is 2.05. The fourth-order valence-corrected chi connectivity index (χ4v) is 2.68. The van der Waals surface area contributed by atoms with E-state index in [0.717, 1.165) is 33.5 Å². The minimum atomic E-state index is 0.771. The maximum absolute atomic E-state index is 6.10. The standard InChI is InChI=1S/C13H17N3OS/c1-4-11-12(14)13(16(2)15-11)18-10-7-5-6-9(8-10)17-3/h5-8H,4,14H2,1-3H3. The van der Waals surface area contributed by atoms with Crippen LogP contribution in [0, 0.1) is 0 Å². The molecule has 0 bridgehead atoms. The lowest BCUT2D eigenvalue weighted by Crippen LogP contribution is -1.93.